The van der Waals surface area contributed by atoms with Gasteiger partial charge in [-0.2, -0.15) is 0 Å². The zero-order chi connectivity index (χ0) is 20.0. The Morgan fingerprint density at radius 2 is 2.00 bits per heavy atom. The van der Waals surface area contributed by atoms with Crippen LogP contribution >= 0.6 is 11.3 Å². The SMILES string of the molecule is O=C(c1cc(C2=CCCC=C2)c(=O)n2ccc3ccsc3c12)N1CCC(O)CC1. The first kappa shape index (κ1) is 18.3. The van der Waals surface area contributed by atoms with E-state index in [-0.39, 0.29) is 17.6 Å². The second-order valence-corrected chi connectivity index (χ2v) is 8.59. The summed E-state index contributed by atoms with van der Waals surface area (Å²) in [6, 6.07) is 5.72. The first-order chi connectivity index (χ1) is 14.1. The number of aromatic nitrogens is 1. The molecule has 0 radical (unpaired) electrons. The van der Waals surface area contributed by atoms with Gasteiger partial charge in [0.1, 0.15) is 0 Å². The lowest BCUT2D eigenvalue weighted by Crippen LogP contribution is -2.40. The van der Waals surface area contributed by atoms with Crippen molar-refractivity contribution < 1.29 is 9.90 Å². The van der Waals surface area contributed by atoms with E-state index in [2.05, 4.69) is 12.2 Å². The number of aliphatic hydroxyl groups is 1. The molecular weight excluding hydrogens is 384 g/mol. The van der Waals surface area contributed by atoms with Crippen LogP contribution in [0.5, 0.6) is 0 Å². The van der Waals surface area contributed by atoms with Crippen molar-refractivity contribution in [2.45, 2.75) is 31.8 Å². The molecule has 29 heavy (non-hydrogen) atoms. The second kappa shape index (κ2) is 7.28. The van der Waals surface area contributed by atoms with Crippen LogP contribution in [-0.4, -0.2) is 39.5 Å². The maximum Gasteiger partial charge on any atom is 0.263 e. The average molecular weight is 407 g/mol. The molecule has 3 aromatic rings. The van der Waals surface area contributed by atoms with Crippen LogP contribution in [0.15, 0.2) is 52.8 Å². The third kappa shape index (κ3) is 3.12. The van der Waals surface area contributed by atoms with E-state index in [4.69, 9.17) is 0 Å². The number of thiophene rings is 1. The summed E-state index contributed by atoms with van der Waals surface area (Å²) in [7, 11) is 0. The number of nitrogens with zero attached hydrogens (tertiary/aromatic N) is 2. The standard InChI is InChI=1S/C23H22N2O3S/c26-17-7-10-24(11-8-17)22(27)19-14-18(15-4-2-1-3-5-15)23(28)25-12-6-16-9-13-29-21(16)20(19)25/h2,4-6,9,12-14,17,26H,1,3,7-8,10-11H2. The van der Waals surface area contributed by atoms with Crippen LogP contribution < -0.4 is 5.56 Å². The molecule has 0 spiro atoms. The summed E-state index contributed by atoms with van der Waals surface area (Å²) >= 11 is 1.55. The minimum absolute atomic E-state index is 0.0723. The fourth-order valence-electron chi connectivity index (χ4n) is 4.23. The maximum absolute atomic E-state index is 13.5. The highest BCUT2D eigenvalue weighted by atomic mass is 32.1. The van der Waals surface area contributed by atoms with Crippen molar-refractivity contribution in [2.75, 3.05) is 13.1 Å². The predicted octanol–water partition coefficient (Wildman–Crippen LogP) is 3.84. The van der Waals surface area contributed by atoms with Gasteiger partial charge in [0.2, 0.25) is 0 Å². The summed E-state index contributed by atoms with van der Waals surface area (Å²) in [6.07, 6.45) is 10.6. The molecule has 6 heteroatoms. The van der Waals surface area contributed by atoms with Crippen molar-refractivity contribution in [3.63, 3.8) is 0 Å². The third-order valence-electron chi connectivity index (χ3n) is 5.84. The van der Waals surface area contributed by atoms with E-state index in [1.807, 2.05) is 23.6 Å². The summed E-state index contributed by atoms with van der Waals surface area (Å²) in [5.41, 5.74) is 2.59. The number of carbonyl (C=O) groups is 1. The molecule has 3 aromatic heterocycles. The molecule has 2 aliphatic rings. The lowest BCUT2D eigenvalue weighted by Gasteiger charge is -2.30. The highest BCUT2D eigenvalue weighted by molar-refractivity contribution is 7.18. The molecule has 0 bridgehead atoms. The second-order valence-electron chi connectivity index (χ2n) is 7.68. The number of hydrogen-bond donors (Lipinski definition) is 1. The van der Waals surface area contributed by atoms with Gasteiger partial charge >= 0.3 is 0 Å². The Hall–Kier alpha value is -2.70. The number of amides is 1. The normalized spacial score (nSPS) is 17.8. The minimum atomic E-state index is -0.341. The molecule has 1 amide bonds. The van der Waals surface area contributed by atoms with E-state index in [0.717, 1.165) is 28.5 Å². The van der Waals surface area contributed by atoms with Crippen molar-refractivity contribution >= 4 is 38.4 Å². The molecule has 0 atom stereocenters. The quantitative estimate of drug-likeness (QED) is 0.703. The van der Waals surface area contributed by atoms with Crippen LogP contribution in [0.25, 0.3) is 21.2 Å². The number of allylic oxidation sites excluding steroid dienone is 4. The number of aliphatic hydroxyl groups excluding tert-OH is 1. The van der Waals surface area contributed by atoms with E-state index in [0.29, 0.717) is 42.6 Å². The molecule has 1 N–H and O–H groups in total. The van der Waals surface area contributed by atoms with E-state index >= 15 is 0 Å². The van der Waals surface area contributed by atoms with Crippen LogP contribution in [0.4, 0.5) is 0 Å². The molecule has 1 saturated heterocycles. The summed E-state index contributed by atoms with van der Waals surface area (Å²) in [4.78, 5) is 28.7. The number of fused-ring (bicyclic) bond motifs is 3. The zero-order valence-corrected chi connectivity index (χ0v) is 16.8. The largest absolute Gasteiger partial charge is 0.393 e. The van der Waals surface area contributed by atoms with Crippen LogP contribution in [-0.2, 0) is 0 Å². The number of rotatable bonds is 2. The van der Waals surface area contributed by atoms with Crippen molar-refractivity contribution in [3.05, 3.63) is 69.5 Å². The van der Waals surface area contributed by atoms with Gasteiger partial charge < -0.3 is 10.0 Å². The zero-order valence-electron chi connectivity index (χ0n) is 16.0. The van der Waals surface area contributed by atoms with Crippen molar-refractivity contribution in [1.29, 1.82) is 0 Å². The number of carbonyl (C=O) groups excluding carboxylic acids is 1. The lowest BCUT2D eigenvalue weighted by molar-refractivity contribution is 0.0548. The lowest BCUT2D eigenvalue weighted by atomic mass is 9.97. The molecule has 148 valence electrons. The van der Waals surface area contributed by atoms with Crippen LogP contribution in [0, 0.1) is 0 Å². The Labute approximate surface area is 172 Å². The third-order valence-corrected chi connectivity index (χ3v) is 6.77. The smallest absolute Gasteiger partial charge is 0.263 e. The fourth-order valence-corrected chi connectivity index (χ4v) is 5.17. The average Bonchev–Trinajstić information content (AvgIpc) is 3.24. The number of hydrogen-bond acceptors (Lipinski definition) is 4. The predicted molar refractivity (Wildman–Crippen MR) is 117 cm³/mol. The maximum atomic E-state index is 13.5. The van der Waals surface area contributed by atoms with Gasteiger partial charge in [-0.3, -0.25) is 14.0 Å². The van der Waals surface area contributed by atoms with E-state index in [1.165, 1.54) is 0 Å². The van der Waals surface area contributed by atoms with E-state index < -0.39 is 0 Å². The Kier molecular flexibility index (Phi) is 4.60. The van der Waals surface area contributed by atoms with Gasteiger partial charge in [0, 0.05) is 24.8 Å². The molecule has 0 aromatic carbocycles. The van der Waals surface area contributed by atoms with Gasteiger partial charge in [0.15, 0.2) is 0 Å². The Balaban J connectivity index is 1.75. The Morgan fingerprint density at radius 3 is 2.76 bits per heavy atom. The molecular formula is C23H22N2O3S. The topological polar surface area (TPSA) is 62.0 Å². The molecule has 1 aliphatic heterocycles. The first-order valence-corrected chi connectivity index (χ1v) is 10.9. The van der Waals surface area contributed by atoms with E-state index in [9.17, 15) is 14.7 Å². The fraction of sp³-hybridized carbons (Fsp3) is 0.304. The van der Waals surface area contributed by atoms with Crippen molar-refractivity contribution in [2.24, 2.45) is 0 Å². The van der Waals surface area contributed by atoms with Gasteiger partial charge in [-0.25, -0.2) is 0 Å². The molecule has 5 nitrogen and oxygen atoms in total. The highest BCUT2D eigenvalue weighted by Gasteiger charge is 2.26. The number of likely N-dealkylation sites (tertiary alicyclic amines) is 1. The van der Waals surface area contributed by atoms with Crippen molar-refractivity contribution in [3.8, 4) is 0 Å². The van der Waals surface area contributed by atoms with Crippen LogP contribution in [0.1, 0.15) is 41.6 Å². The molecule has 0 saturated carbocycles. The van der Waals surface area contributed by atoms with Crippen LogP contribution in [0.3, 0.4) is 0 Å². The van der Waals surface area contributed by atoms with Gasteiger partial charge in [0.25, 0.3) is 11.5 Å². The molecule has 4 heterocycles. The van der Waals surface area contributed by atoms with Crippen LogP contribution in [0.2, 0.25) is 0 Å². The van der Waals surface area contributed by atoms with Gasteiger partial charge in [-0.1, -0.05) is 18.2 Å². The van der Waals surface area contributed by atoms with Crippen molar-refractivity contribution in [1.82, 2.24) is 9.30 Å². The first-order valence-electron chi connectivity index (χ1n) is 10.0. The molecule has 1 aliphatic carbocycles. The molecule has 1 fully saturated rings. The minimum Gasteiger partial charge on any atom is -0.393 e. The number of piperidine rings is 1. The monoisotopic (exact) mass is 406 g/mol. The van der Waals surface area contributed by atoms with E-state index in [1.54, 1.807) is 32.9 Å². The highest BCUT2D eigenvalue weighted by Crippen LogP contribution is 2.30. The number of pyridine rings is 2. The van der Waals surface area contributed by atoms with Gasteiger partial charge in [-0.05, 0) is 60.2 Å². The summed E-state index contributed by atoms with van der Waals surface area (Å²) in [5.74, 6) is -0.0723. The Morgan fingerprint density at radius 1 is 1.17 bits per heavy atom. The summed E-state index contributed by atoms with van der Waals surface area (Å²) < 4.78 is 2.58. The summed E-state index contributed by atoms with van der Waals surface area (Å²) in [6.45, 7) is 1.06. The Bertz CT molecular complexity index is 1230. The molecule has 0 unspecified atom stereocenters. The molecule has 5 rings (SSSR count). The summed E-state index contributed by atoms with van der Waals surface area (Å²) in [5, 5.41) is 12.8. The van der Waals surface area contributed by atoms with Gasteiger partial charge in [0.05, 0.1) is 21.9 Å². The van der Waals surface area contributed by atoms with Gasteiger partial charge in [-0.15, -0.1) is 11.3 Å².